The molecule has 0 fully saturated rings. The fourth-order valence-electron chi connectivity index (χ4n) is 2.46. The highest BCUT2D eigenvalue weighted by Gasteiger charge is 2.19. The molecule has 0 saturated carbocycles. The molecule has 110 valence electrons. The Hall–Kier alpha value is -0.830. The van der Waals surface area contributed by atoms with Crippen molar-refractivity contribution in [2.75, 3.05) is 0 Å². The second-order valence-corrected chi connectivity index (χ2v) is 6.73. The van der Waals surface area contributed by atoms with E-state index in [0.29, 0.717) is 12.0 Å². The lowest BCUT2D eigenvalue weighted by Gasteiger charge is -2.23. The summed E-state index contributed by atoms with van der Waals surface area (Å²) in [6, 6.07) is 0.529. The molecule has 0 spiro atoms. The van der Waals surface area contributed by atoms with Gasteiger partial charge in [0.25, 0.3) is 0 Å². The maximum atomic E-state index is 4.66. The van der Waals surface area contributed by atoms with Crippen molar-refractivity contribution in [2.45, 2.75) is 85.4 Å². The Morgan fingerprint density at radius 1 is 1.21 bits per heavy atom. The molecule has 0 amide bonds. The van der Waals surface area contributed by atoms with E-state index in [2.05, 4.69) is 63.6 Å². The van der Waals surface area contributed by atoms with Gasteiger partial charge in [-0.1, -0.05) is 27.7 Å². The van der Waals surface area contributed by atoms with Crippen LogP contribution in [0.1, 0.15) is 84.5 Å². The Morgan fingerprint density at radius 3 is 2.21 bits per heavy atom. The van der Waals surface area contributed by atoms with Crippen LogP contribution in [-0.4, -0.2) is 15.3 Å². The normalized spacial score (nSPS) is 12.7. The van der Waals surface area contributed by atoms with Gasteiger partial charge in [-0.15, -0.1) is 0 Å². The largest absolute Gasteiger partial charge is 0.308 e. The van der Waals surface area contributed by atoms with Gasteiger partial charge >= 0.3 is 0 Å². The first kappa shape index (κ1) is 16.2. The maximum Gasteiger partial charge on any atom is 0.0537 e. The molecule has 1 rings (SSSR count). The van der Waals surface area contributed by atoms with Gasteiger partial charge in [0.05, 0.1) is 12.2 Å². The predicted octanol–water partition coefficient (Wildman–Crippen LogP) is 4.26. The molecular formula is C16H31N3. The van der Waals surface area contributed by atoms with E-state index in [-0.39, 0.29) is 5.54 Å². The first-order chi connectivity index (χ1) is 8.80. The van der Waals surface area contributed by atoms with E-state index in [4.69, 9.17) is 0 Å². The molecule has 1 N–H and O–H groups in total. The van der Waals surface area contributed by atoms with E-state index in [9.17, 15) is 0 Å². The van der Waals surface area contributed by atoms with Crippen molar-refractivity contribution >= 4 is 0 Å². The van der Waals surface area contributed by atoms with Crippen molar-refractivity contribution in [1.29, 1.82) is 0 Å². The van der Waals surface area contributed by atoms with Gasteiger partial charge in [-0.25, -0.2) is 0 Å². The number of nitrogens with one attached hydrogen (secondary N) is 1. The van der Waals surface area contributed by atoms with Crippen LogP contribution in [0.4, 0.5) is 0 Å². The number of nitrogens with zero attached hydrogens (tertiary/aromatic N) is 2. The van der Waals surface area contributed by atoms with Crippen LogP contribution in [0, 0.1) is 0 Å². The molecule has 0 saturated heterocycles. The summed E-state index contributed by atoms with van der Waals surface area (Å²) >= 11 is 0. The summed E-state index contributed by atoms with van der Waals surface area (Å²) in [7, 11) is 0. The molecule has 3 heteroatoms. The van der Waals surface area contributed by atoms with Gasteiger partial charge < -0.3 is 5.32 Å². The number of hydrogen-bond donors (Lipinski definition) is 1. The Morgan fingerprint density at radius 2 is 1.79 bits per heavy atom. The molecule has 0 aliphatic rings. The topological polar surface area (TPSA) is 29.9 Å². The molecule has 0 radical (unpaired) electrons. The second kappa shape index (κ2) is 6.56. The van der Waals surface area contributed by atoms with E-state index in [0.717, 1.165) is 19.4 Å². The third-order valence-corrected chi connectivity index (χ3v) is 3.56. The summed E-state index contributed by atoms with van der Waals surface area (Å²) in [6.07, 6.45) is 4.33. The molecule has 1 aromatic rings. The summed E-state index contributed by atoms with van der Waals surface area (Å²) < 4.78 is 2.25. The molecule has 0 aromatic carbocycles. The molecule has 0 bridgehead atoms. The minimum atomic E-state index is 0.144. The molecule has 0 aliphatic carbocycles. The summed E-state index contributed by atoms with van der Waals surface area (Å²) in [5.74, 6) is 0.514. The predicted molar refractivity (Wildman–Crippen MR) is 82.5 cm³/mol. The fourth-order valence-corrected chi connectivity index (χ4v) is 2.46. The average molecular weight is 265 g/mol. The fraction of sp³-hybridized carbons (Fsp3) is 0.812. The highest BCUT2D eigenvalue weighted by Crippen LogP contribution is 2.26. The quantitative estimate of drug-likeness (QED) is 0.833. The van der Waals surface area contributed by atoms with Crippen molar-refractivity contribution in [3.63, 3.8) is 0 Å². The van der Waals surface area contributed by atoms with Gasteiger partial charge in [0.1, 0.15) is 0 Å². The molecule has 19 heavy (non-hydrogen) atoms. The van der Waals surface area contributed by atoms with Gasteiger partial charge in [0, 0.05) is 23.3 Å². The number of hydrogen-bond acceptors (Lipinski definition) is 2. The molecule has 1 aromatic heterocycles. The number of aromatic nitrogens is 2. The van der Waals surface area contributed by atoms with Gasteiger partial charge in [0.2, 0.25) is 0 Å². The zero-order valence-electron chi connectivity index (χ0n) is 13.7. The lowest BCUT2D eigenvalue weighted by atomic mass is 10.0. The standard InChI is InChI=1S/C16H31N3/c1-8-14(9-2)19-15(12(3)4)13(11-18-19)10-17-16(5,6)7/h11-12,14,17H,8-10H2,1-7H3. The molecular weight excluding hydrogens is 234 g/mol. The van der Waals surface area contributed by atoms with Crippen LogP contribution in [-0.2, 0) is 6.54 Å². The third-order valence-electron chi connectivity index (χ3n) is 3.56. The Kier molecular flexibility index (Phi) is 5.60. The Balaban J connectivity index is 3.00. The van der Waals surface area contributed by atoms with Crippen LogP contribution in [0.15, 0.2) is 6.20 Å². The Bertz CT molecular complexity index is 381. The van der Waals surface area contributed by atoms with Crippen molar-refractivity contribution in [3.05, 3.63) is 17.5 Å². The zero-order chi connectivity index (χ0) is 14.6. The van der Waals surface area contributed by atoms with Crippen LogP contribution in [0.5, 0.6) is 0 Å². The van der Waals surface area contributed by atoms with Gasteiger partial charge in [-0.3, -0.25) is 4.68 Å². The third kappa shape index (κ3) is 4.34. The summed E-state index contributed by atoms with van der Waals surface area (Å²) in [6.45, 7) is 16.5. The summed E-state index contributed by atoms with van der Waals surface area (Å²) in [5.41, 5.74) is 2.88. The molecule has 3 nitrogen and oxygen atoms in total. The molecule has 0 unspecified atom stereocenters. The zero-order valence-corrected chi connectivity index (χ0v) is 13.7. The summed E-state index contributed by atoms with van der Waals surface area (Å²) in [4.78, 5) is 0. The minimum absolute atomic E-state index is 0.144. The van der Waals surface area contributed by atoms with Crippen molar-refractivity contribution in [1.82, 2.24) is 15.1 Å². The van der Waals surface area contributed by atoms with E-state index in [1.54, 1.807) is 0 Å². The first-order valence-electron chi connectivity index (χ1n) is 7.61. The van der Waals surface area contributed by atoms with Gasteiger partial charge in [-0.05, 0) is 39.5 Å². The highest BCUT2D eigenvalue weighted by molar-refractivity contribution is 5.22. The number of rotatable bonds is 6. The minimum Gasteiger partial charge on any atom is -0.308 e. The SMILES string of the molecule is CCC(CC)n1ncc(CNC(C)(C)C)c1C(C)C. The van der Waals surface area contributed by atoms with Crippen molar-refractivity contribution < 1.29 is 0 Å². The monoisotopic (exact) mass is 265 g/mol. The molecule has 1 heterocycles. The van der Waals surface area contributed by atoms with E-state index in [1.165, 1.54) is 11.3 Å². The van der Waals surface area contributed by atoms with Crippen LogP contribution in [0.2, 0.25) is 0 Å². The van der Waals surface area contributed by atoms with E-state index < -0.39 is 0 Å². The lowest BCUT2D eigenvalue weighted by molar-refractivity contribution is 0.402. The molecule has 0 aliphatic heterocycles. The first-order valence-corrected chi connectivity index (χ1v) is 7.61. The smallest absolute Gasteiger partial charge is 0.0537 e. The van der Waals surface area contributed by atoms with Gasteiger partial charge in [0.15, 0.2) is 0 Å². The van der Waals surface area contributed by atoms with E-state index in [1.807, 2.05) is 6.20 Å². The van der Waals surface area contributed by atoms with Crippen LogP contribution in [0.25, 0.3) is 0 Å². The van der Waals surface area contributed by atoms with Crippen molar-refractivity contribution in [2.24, 2.45) is 0 Å². The highest BCUT2D eigenvalue weighted by atomic mass is 15.3. The maximum absolute atomic E-state index is 4.66. The van der Waals surface area contributed by atoms with Crippen LogP contribution in [0.3, 0.4) is 0 Å². The average Bonchev–Trinajstić information content (AvgIpc) is 2.71. The second-order valence-electron chi connectivity index (χ2n) is 6.73. The van der Waals surface area contributed by atoms with Gasteiger partial charge in [-0.2, -0.15) is 5.10 Å². The van der Waals surface area contributed by atoms with Crippen LogP contribution < -0.4 is 5.32 Å². The Labute approximate surface area is 118 Å². The van der Waals surface area contributed by atoms with Crippen LogP contribution >= 0.6 is 0 Å². The van der Waals surface area contributed by atoms with E-state index >= 15 is 0 Å². The lowest BCUT2D eigenvalue weighted by Crippen LogP contribution is -2.35. The van der Waals surface area contributed by atoms with Crippen molar-refractivity contribution in [3.8, 4) is 0 Å². The molecule has 0 atom stereocenters. The summed E-state index contributed by atoms with van der Waals surface area (Å²) in [5, 5.41) is 8.23.